The third kappa shape index (κ3) is 7.24. The van der Waals surface area contributed by atoms with Gasteiger partial charge in [0.1, 0.15) is 10.7 Å². The Bertz CT molecular complexity index is 1150. The first kappa shape index (κ1) is 24.6. The molecule has 2 amide bonds. The van der Waals surface area contributed by atoms with Crippen molar-refractivity contribution < 1.29 is 19.1 Å². The molecule has 3 rings (SSSR count). The number of thiophene rings is 1. The van der Waals surface area contributed by atoms with E-state index in [9.17, 15) is 14.0 Å². The number of rotatable bonds is 10. The highest BCUT2D eigenvalue weighted by molar-refractivity contribution is 7.98. The number of carbonyl (C=O) groups is 2. The van der Waals surface area contributed by atoms with E-state index in [0.717, 1.165) is 29.1 Å². The van der Waals surface area contributed by atoms with Crippen molar-refractivity contribution in [2.75, 3.05) is 17.7 Å². The lowest BCUT2D eigenvalue weighted by atomic mass is 10.1. The van der Waals surface area contributed by atoms with Gasteiger partial charge in [-0.25, -0.2) is 9.82 Å². The summed E-state index contributed by atoms with van der Waals surface area (Å²) in [4.78, 5) is 25.8. The SMILES string of the molecule is Cc1csc(C(=O)NN=Cc2cccc(F)c2)c1NC(=O)c1cccc(CSCCCO)c1. The van der Waals surface area contributed by atoms with E-state index in [1.807, 2.05) is 25.1 Å². The van der Waals surface area contributed by atoms with Crippen molar-refractivity contribution in [1.29, 1.82) is 0 Å². The number of hydrazone groups is 1. The molecule has 0 aliphatic heterocycles. The molecule has 9 heteroatoms. The fourth-order valence-electron chi connectivity index (χ4n) is 2.91. The van der Waals surface area contributed by atoms with Crippen LogP contribution in [0.25, 0.3) is 0 Å². The maximum atomic E-state index is 13.3. The molecule has 1 heterocycles. The number of thioether (sulfide) groups is 1. The van der Waals surface area contributed by atoms with E-state index in [4.69, 9.17) is 5.11 Å². The molecule has 0 aliphatic rings. The third-order valence-corrected chi connectivity index (χ3v) is 6.76. The number of aliphatic hydroxyl groups excluding tert-OH is 1. The number of nitrogens with zero attached hydrogens (tertiary/aromatic N) is 1. The monoisotopic (exact) mass is 485 g/mol. The molecular weight excluding hydrogens is 461 g/mol. The zero-order valence-electron chi connectivity index (χ0n) is 18.0. The first-order valence-electron chi connectivity index (χ1n) is 10.2. The van der Waals surface area contributed by atoms with Gasteiger partial charge in [-0.1, -0.05) is 24.3 Å². The summed E-state index contributed by atoms with van der Waals surface area (Å²) in [6, 6.07) is 13.2. The molecule has 6 nitrogen and oxygen atoms in total. The minimum Gasteiger partial charge on any atom is -0.396 e. The number of halogens is 1. The van der Waals surface area contributed by atoms with Crippen LogP contribution < -0.4 is 10.7 Å². The van der Waals surface area contributed by atoms with Gasteiger partial charge in [0.15, 0.2) is 0 Å². The molecule has 1 aromatic heterocycles. The van der Waals surface area contributed by atoms with Gasteiger partial charge in [0.2, 0.25) is 0 Å². The number of nitrogens with one attached hydrogen (secondary N) is 2. The normalized spacial score (nSPS) is 11.0. The van der Waals surface area contributed by atoms with Gasteiger partial charge in [0.05, 0.1) is 11.9 Å². The molecule has 3 aromatic rings. The lowest BCUT2D eigenvalue weighted by Gasteiger charge is -2.09. The Labute approximate surface area is 199 Å². The molecule has 0 bridgehead atoms. The van der Waals surface area contributed by atoms with Gasteiger partial charge in [-0.2, -0.15) is 16.9 Å². The van der Waals surface area contributed by atoms with Gasteiger partial charge < -0.3 is 10.4 Å². The van der Waals surface area contributed by atoms with Crippen LogP contribution in [-0.4, -0.2) is 35.5 Å². The minimum atomic E-state index is -0.468. The van der Waals surface area contributed by atoms with Gasteiger partial charge in [0.25, 0.3) is 11.8 Å². The molecule has 2 aromatic carbocycles. The number of hydrogen-bond acceptors (Lipinski definition) is 6. The summed E-state index contributed by atoms with van der Waals surface area (Å²) < 4.78 is 13.3. The lowest BCUT2D eigenvalue weighted by Crippen LogP contribution is -2.20. The molecule has 0 fully saturated rings. The summed E-state index contributed by atoms with van der Waals surface area (Å²) in [6.45, 7) is 1.98. The highest BCUT2D eigenvalue weighted by Gasteiger charge is 2.19. The van der Waals surface area contributed by atoms with Crippen molar-refractivity contribution in [3.8, 4) is 0 Å². The minimum absolute atomic E-state index is 0.168. The molecule has 172 valence electrons. The summed E-state index contributed by atoms with van der Waals surface area (Å²) in [6.07, 6.45) is 2.09. The summed E-state index contributed by atoms with van der Waals surface area (Å²) >= 11 is 2.90. The Kier molecular flexibility index (Phi) is 9.17. The Balaban J connectivity index is 1.65. The van der Waals surface area contributed by atoms with Crippen LogP contribution in [0.2, 0.25) is 0 Å². The van der Waals surface area contributed by atoms with Crippen molar-refractivity contribution in [1.82, 2.24) is 5.43 Å². The maximum absolute atomic E-state index is 13.3. The van der Waals surface area contributed by atoms with Gasteiger partial charge in [-0.05, 0) is 65.4 Å². The van der Waals surface area contributed by atoms with Crippen molar-refractivity contribution in [3.63, 3.8) is 0 Å². The molecule has 33 heavy (non-hydrogen) atoms. The molecule has 0 spiro atoms. The van der Waals surface area contributed by atoms with Crippen molar-refractivity contribution in [3.05, 3.63) is 86.9 Å². The molecule has 3 N–H and O–H groups in total. The zero-order valence-corrected chi connectivity index (χ0v) is 19.6. The predicted molar refractivity (Wildman–Crippen MR) is 133 cm³/mol. The van der Waals surface area contributed by atoms with E-state index >= 15 is 0 Å². The van der Waals surface area contributed by atoms with Crippen molar-refractivity contribution >= 4 is 46.8 Å². The molecule has 0 unspecified atom stereocenters. The number of anilines is 1. The third-order valence-electron chi connectivity index (χ3n) is 4.55. The van der Waals surface area contributed by atoms with Gasteiger partial charge in [-0.3, -0.25) is 9.59 Å². The number of hydrogen-bond donors (Lipinski definition) is 3. The number of aliphatic hydroxyl groups is 1. The average Bonchev–Trinajstić information content (AvgIpc) is 3.17. The first-order valence-corrected chi connectivity index (χ1v) is 12.3. The smallest absolute Gasteiger partial charge is 0.283 e. The van der Waals surface area contributed by atoms with Crippen LogP contribution in [0.1, 0.15) is 43.1 Å². The summed E-state index contributed by atoms with van der Waals surface area (Å²) in [5.74, 6) is 0.426. The van der Waals surface area contributed by atoms with E-state index in [2.05, 4.69) is 15.8 Å². The topological polar surface area (TPSA) is 90.8 Å². The number of benzene rings is 2. The Hall–Kier alpha value is -3.01. The van der Waals surface area contributed by atoms with Gasteiger partial charge in [-0.15, -0.1) is 11.3 Å². The standard InChI is InChI=1S/C24H24FN3O3S2/c1-16-14-33-22(24(31)28-26-13-17-5-3-8-20(25)12-17)21(16)27-23(30)19-7-2-6-18(11-19)15-32-10-4-9-29/h2-3,5-8,11-14,29H,4,9-10,15H2,1H3,(H,27,30)(H,28,31). The second-order valence-corrected chi connectivity index (χ2v) is 9.15. The van der Waals surface area contributed by atoms with E-state index in [0.29, 0.717) is 21.7 Å². The van der Waals surface area contributed by atoms with Crippen LogP contribution in [-0.2, 0) is 5.75 Å². The largest absolute Gasteiger partial charge is 0.396 e. The number of carbonyl (C=O) groups excluding carboxylic acids is 2. The molecule has 0 saturated carbocycles. The summed E-state index contributed by atoms with van der Waals surface area (Å²) in [7, 11) is 0. The van der Waals surface area contributed by atoms with E-state index < -0.39 is 11.7 Å². The summed E-state index contributed by atoms with van der Waals surface area (Å²) in [5.41, 5.74) is 5.65. The highest BCUT2D eigenvalue weighted by atomic mass is 32.2. The average molecular weight is 486 g/mol. The Morgan fingerprint density at radius 3 is 2.79 bits per heavy atom. The molecule has 0 radical (unpaired) electrons. The van der Waals surface area contributed by atoms with Gasteiger partial charge in [0, 0.05) is 17.9 Å². The van der Waals surface area contributed by atoms with Crippen LogP contribution >= 0.6 is 23.1 Å². The summed E-state index contributed by atoms with van der Waals surface area (Å²) in [5, 5.41) is 17.4. The first-order chi connectivity index (χ1) is 16.0. The molecule has 0 aliphatic carbocycles. The Morgan fingerprint density at radius 2 is 2.00 bits per heavy atom. The van der Waals surface area contributed by atoms with Crippen molar-refractivity contribution in [2.45, 2.75) is 19.1 Å². The molecule has 0 saturated heterocycles. The Morgan fingerprint density at radius 1 is 1.18 bits per heavy atom. The van der Waals surface area contributed by atoms with Crippen LogP contribution in [0, 0.1) is 12.7 Å². The van der Waals surface area contributed by atoms with Crippen LogP contribution in [0.15, 0.2) is 59.0 Å². The fraction of sp³-hybridized carbons (Fsp3) is 0.208. The number of amides is 2. The predicted octanol–water partition coefficient (Wildman–Crippen LogP) is 4.83. The van der Waals surface area contributed by atoms with Crippen LogP contribution in [0.5, 0.6) is 0 Å². The maximum Gasteiger partial charge on any atom is 0.283 e. The van der Waals surface area contributed by atoms with Crippen LogP contribution in [0.3, 0.4) is 0 Å². The second kappa shape index (κ2) is 12.3. The second-order valence-electron chi connectivity index (χ2n) is 7.16. The zero-order chi connectivity index (χ0) is 23.6. The van der Waals surface area contributed by atoms with E-state index in [1.54, 1.807) is 35.3 Å². The van der Waals surface area contributed by atoms with Gasteiger partial charge >= 0.3 is 0 Å². The molecule has 0 atom stereocenters. The quantitative estimate of drug-likeness (QED) is 0.218. The lowest BCUT2D eigenvalue weighted by molar-refractivity contribution is 0.0960. The van der Waals surface area contributed by atoms with Crippen molar-refractivity contribution in [2.24, 2.45) is 5.10 Å². The van der Waals surface area contributed by atoms with E-state index in [-0.39, 0.29) is 12.5 Å². The molecular formula is C24H24FN3O3S2. The van der Waals surface area contributed by atoms with E-state index in [1.165, 1.54) is 29.7 Å². The fourth-order valence-corrected chi connectivity index (χ4v) is 4.70. The van der Waals surface area contributed by atoms with Crippen LogP contribution in [0.4, 0.5) is 10.1 Å². The number of aryl methyl sites for hydroxylation is 1. The highest BCUT2D eigenvalue weighted by Crippen LogP contribution is 2.28.